The Hall–Kier alpha value is -0.940. The van der Waals surface area contributed by atoms with E-state index in [0.717, 1.165) is 18.7 Å². The van der Waals surface area contributed by atoms with E-state index in [-0.39, 0.29) is 0 Å². The van der Waals surface area contributed by atoms with Gasteiger partial charge in [0.25, 0.3) is 5.89 Å². The van der Waals surface area contributed by atoms with Crippen LogP contribution in [0.4, 0.5) is 0 Å². The standard InChI is InChI=1S/C12H22N2O3/c1-5-15-12(16-6-2)11-13-10(14-17-11)8-7-9(3)4/h9,12H,5-8H2,1-4H3. The highest BCUT2D eigenvalue weighted by molar-refractivity contribution is 4.88. The van der Waals surface area contributed by atoms with E-state index in [1.807, 2.05) is 13.8 Å². The average Bonchev–Trinajstić information content (AvgIpc) is 2.74. The molecule has 0 saturated carbocycles. The van der Waals surface area contributed by atoms with Crippen molar-refractivity contribution in [2.75, 3.05) is 13.2 Å². The minimum Gasteiger partial charge on any atom is -0.345 e. The van der Waals surface area contributed by atoms with Gasteiger partial charge in [-0.2, -0.15) is 4.98 Å². The highest BCUT2D eigenvalue weighted by Crippen LogP contribution is 2.17. The van der Waals surface area contributed by atoms with Crippen molar-refractivity contribution in [3.05, 3.63) is 11.7 Å². The number of aromatic nitrogens is 2. The summed E-state index contributed by atoms with van der Waals surface area (Å²) in [5, 5.41) is 3.93. The van der Waals surface area contributed by atoms with Crippen LogP contribution in [0.25, 0.3) is 0 Å². The molecule has 0 spiro atoms. The largest absolute Gasteiger partial charge is 0.345 e. The first-order valence-corrected chi connectivity index (χ1v) is 6.23. The molecule has 0 N–H and O–H groups in total. The third-order valence-electron chi connectivity index (χ3n) is 2.27. The predicted octanol–water partition coefficient (Wildman–Crippen LogP) is 2.73. The molecule has 0 unspecified atom stereocenters. The zero-order chi connectivity index (χ0) is 12.7. The zero-order valence-electron chi connectivity index (χ0n) is 11.1. The van der Waals surface area contributed by atoms with Crippen molar-refractivity contribution >= 4 is 0 Å². The Morgan fingerprint density at radius 2 is 1.82 bits per heavy atom. The van der Waals surface area contributed by atoms with Crippen LogP contribution in [0.15, 0.2) is 4.52 Å². The van der Waals surface area contributed by atoms with Gasteiger partial charge >= 0.3 is 0 Å². The summed E-state index contributed by atoms with van der Waals surface area (Å²) in [6, 6.07) is 0. The number of aryl methyl sites for hydroxylation is 1. The smallest absolute Gasteiger partial charge is 0.283 e. The molecule has 5 heteroatoms. The van der Waals surface area contributed by atoms with Crippen molar-refractivity contribution in [1.29, 1.82) is 0 Å². The van der Waals surface area contributed by atoms with E-state index in [0.29, 0.717) is 25.0 Å². The van der Waals surface area contributed by atoms with E-state index in [9.17, 15) is 0 Å². The van der Waals surface area contributed by atoms with Crippen molar-refractivity contribution in [2.45, 2.75) is 46.8 Å². The molecule has 0 radical (unpaired) electrons. The first-order valence-electron chi connectivity index (χ1n) is 6.23. The fourth-order valence-corrected chi connectivity index (χ4v) is 1.38. The number of hydrogen-bond acceptors (Lipinski definition) is 5. The van der Waals surface area contributed by atoms with Gasteiger partial charge in [-0.3, -0.25) is 0 Å². The maximum absolute atomic E-state index is 5.39. The van der Waals surface area contributed by atoms with Gasteiger partial charge in [0.1, 0.15) is 0 Å². The summed E-state index contributed by atoms with van der Waals surface area (Å²) >= 11 is 0. The topological polar surface area (TPSA) is 57.4 Å². The summed E-state index contributed by atoms with van der Waals surface area (Å²) < 4.78 is 15.9. The van der Waals surface area contributed by atoms with E-state index in [4.69, 9.17) is 14.0 Å². The lowest BCUT2D eigenvalue weighted by Crippen LogP contribution is -2.09. The highest BCUT2D eigenvalue weighted by atomic mass is 16.7. The molecule has 1 aromatic rings. The summed E-state index contributed by atoms with van der Waals surface area (Å²) in [6.07, 6.45) is 1.34. The molecule has 17 heavy (non-hydrogen) atoms. The Morgan fingerprint density at radius 1 is 1.18 bits per heavy atom. The molecular formula is C12H22N2O3. The lowest BCUT2D eigenvalue weighted by Gasteiger charge is -2.11. The molecule has 1 aromatic heterocycles. The van der Waals surface area contributed by atoms with Crippen LogP contribution in [0.5, 0.6) is 0 Å². The van der Waals surface area contributed by atoms with E-state index in [1.54, 1.807) is 0 Å². The molecule has 1 rings (SSSR count). The Balaban J connectivity index is 2.57. The lowest BCUT2D eigenvalue weighted by atomic mass is 10.1. The van der Waals surface area contributed by atoms with Crippen LogP contribution in [0.3, 0.4) is 0 Å². The molecule has 0 saturated heterocycles. The SMILES string of the molecule is CCOC(OCC)c1nc(CCC(C)C)no1. The molecule has 0 fully saturated rings. The summed E-state index contributed by atoms with van der Waals surface area (Å²) in [7, 11) is 0. The van der Waals surface area contributed by atoms with Crippen molar-refractivity contribution in [3.63, 3.8) is 0 Å². The maximum atomic E-state index is 5.39. The molecule has 0 aliphatic rings. The van der Waals surface area contributed by atoms with Crippen molar-refractivity contribution in [2.24, 2.45) is 5.92 Å². The Kier molecular flexibility index (Phi) is 6.15. The molecular weight excluding hydrogens is 220 g/mol. The van der Waals surface area contributed by atoms with Gasteiger partial charge in [0.15, 0.2) is 5.82 Å². The Bertz CT molecular complexity index is 306. The molecule has 98 valence electrons. The average molecular weight is 242 g/mol. The van der Waals surface area contributed by atoms with Crippen LogP contribution in [-0.2, 0) is 15.9 Å². The molecule has 0 amide bonds. The molecule has 0 aliphatic carbocycles. The van der Waals surface area contributed by atoms with Gasteiger partial charge in [-0.25, -0.2) is 0 Å². The summed E-state index contributed by atoms with van der Waals surface area (Å²) in [4.78, 5) is 4.29. The van der Waals surface area contributed by atoms with E-state index in [1.165, 1.54) is 0 Å². The molecule has 0 bridgehead atoms. The van der Waals surface area contributed by atoms with Gasteiger partial charge in [-0.1, -0.05) is 19.0 Å². The van der Waals surface area contributed by atoms with E-state index in [2.05, 4.69) is 24.0 Å². The molecule has 5 nitrogen and oxygen atoms in total. The van der Waals surface area contributed by atoms with Crippen LogP contribution in [0.2, 0.25) is 0 Å². The number of hydrogen-bond donors (Lipinski definition) is 0. The highest BCUT2D eigenvalue weighted by Gasteiger charge is 2.19. The summed E-state index contributed by atoms with van der Waals surface area (Å²) in [6.45, 7) is 9.25. The second-order valence-electron chi connectivity index (χ2n) is 4.22. The summed E-state index contributed by atoms with van der Waals surface area (Å²) in [5.74, 6) is 1.76. The third-order valence-corrected chi connectivity index (χ3v) is 2.27. The van der Waals surface area contributed by atoms with Crippen molar-refractivity contribution in [3.8, 4) is 0 Å². The van der Waals surface area contributed by atoms with Crippen LogP contribution < -0.4 is 0 Å². The lowest BCUT2D eigenvalue weighted by molar-refractivity contribution is -0.155. The van der Waals surface area contributed by atoms with Crippen molar-refractivity contribution in [1.82, 2.24) is 10.1 Å². The molecule has 0 atom stereocenters. The van der Waals surface area contributed by atoms with Gasteiger partial charge in [-0.15, -0.1) is 0 Å². The Labute approximate surface area is 102 Å². The van der Waals surface area contributed by atoms with Crippen LogP contribution in [-0.4, -0.2) is 23.4 Å². The quantitative estimate of drug-likeness (QED) is 0.656. The number of ether oxygens (including phenoxy) is 2. The van der Waals surface area contributed by atoms with Gasteiger partial charge in [0, 0.05) is 19.6 Å². The molecule has 0 aromatic carbocycles. The third kappa shape index (κ3) is 4.83. The van der Waals surface area contributed by atoms with Gasteiger partial charge in [-0.05, 0) is 26.2 Å². The minimum absolute atomic E-state index is 0.410. The van der Waals surface area contributed by atoms with Gasteiger partial charge in [0.2, 0.25) is 6.29 Å². The van der Waals surface area contributed by atoms with Crippen molar-refractivity contribution < 1.29 is 14.0 Å². The monoisotopic (exact) mass is 242 g/mol. The van der Waals surface area contributed by atoms with Gasteiger partial charge < -0.3 is 14.0 Å². The Morgan fingerprint density at radius 3 is 2.35 bits per heavy atom. The van der Waals surface area contributed by atoms with E-state index < -0.39 is 6.29 Å². The normalized spacial score (nSPS) is 11.6. The second kappa shape index (κ2) is 7.40. The molecule has 1 heterocycles. The van der Waals surface area contributed by atoms with E-state index >= 15 is 0 Å². The van der Waals surface area contributed by atoms with Crippen LogP contribution in [0, 0.1) is 5.92 Å². The minimum atomic E-state index is -0.537. The van der Waals surface area contributed by atoms with Crippen LogP contribution in [0.1, 0.15) is 52.1 Å². The van der Waals surface area contributed by atoms with Gasteiger partial charge in [0.05, 0.1) is 0 Å². The molecule has 0 aliphatic heterocycles. The summed E-state index contributed by atoms with van der Waals surface area (Å²) in [5.41, 5.74) is 0. The fraction of sp³-hybridized carbons (Fsp3) is 0.833. The first-order chi connectivity index (χ1) is 8.17. The maximum Gasteiger partial charge on any atom is 0.283 e. The first kappa shape index (κ1) is 14.1. The predicted molar refractivity (Wildman–Crippen MR) is 63.5 cm³/mol. The second-order valence-corrected chi connectivity index (χ2v) is 4.22. The number of rotatable bonds is 8. The fourth-order valence-electron chi connectivity index (χ4n) is 1.38. The number of nitrogens with zero attached hydrogens (tertiary/aromatic N) is 2. The zero-order valence-corrected chi connectivity index (χ0v) is 11.1. The van der Waals surface area contributed by atoms with Crippen LogP contribution >= 0.6 is 0 Å².